The van der Waals surface area contributed by atoms with Crippen LogP contribution in [0.2, 0.25) is 0 Å². The molecule has 0 spiro atoms. The summed E-state index contributed by atoms with van der Waals surface area (Å²) in [6, 6.07) is 25.6. The molecule has 1 unspecified atom stereocenters. The zero-order valence-corrected chi connectivity index (χ0v) is 21.6. The summed E-state index contributed by atoms with van der Waals surface area (Å²) >= 11 is 0. The van der Waals surface area contributed by atoms with Gasteiger partial charge in [0.1, 0.15) is 11.6 Å². The van der Waals surface area contributed by atoms with Gasteiger partial charge in [-0.2, -0.15) is 0 Å². The van der Waals surface area contributed by atoms with Crippen molar-refractivity contribution in [2.24, 2.45) is 0 Å². The number of para-hydroxylation sites is 1. The van der Waals surface area contributed by atoms with Gasteiger partial charge in [0.25, 0.3) is 11.5 Å². The van der Waals surface area contributed by atoms with E-state index in [2.05, 4.69) is 0 Å². The number of methoxy groups -OCH3 is 1. The summed E-state index contributed by atoms with van der Waals surface area (Å²) in [4.78, 5) is 34.3. The number of nitrogens with zero attached hydrogens (tertiary/aromatic N) is 3. The van der Waals surface area contributed by atoms with E-state index in [4.69, 9.17) is 14.1 Å². The number of furan rings is 1. The van der Waals surface area contributed by atoms with Crippen LogP contribution in [-0.4, -0.2) is 34.0 Å². The number of amides is 1. The van der Waals surface area contributed by atoms with Gasteiger partial charge in [0.05, 0.1) is 36.0 Å². The summed E-state index contributed by atoms with van der Waals surface area (Å²) < 4.78 is 12.7. The van der Waals surface area contributed by atoms with Gasteiger partial charge in [-0.1, -0.05) is 48.5 Å². The maximum absolute atomic E-state index is 14.0. The normalized spacial score (nSPS) is 11.9. The van der Waals surface area contributed by atoms with E-state index in [1.165, 1.54) is 6.26 Å². The number of aryl methyl sites for hydroxylation is 1. The quantitative estimate of drug-likeness (QED) is 0.268. The van der Waals surface area contributed by atoms with Gasteiger partial charge in [0.2, 0.25) is 0 Å². The fourth-order valence-electron chi connectivity index (χ4n) is 4.68. The molecule has 0 aliphatic carbocycles. The second-order valence-electron chi connectivity index (χ2n) is 9.19. The van der Waals surface area contributed by atoms with Gasteiger partial charge >= 0.3 is 0 Å². The Labute approximate surface area is 220 Å². The third-order valence-electron chi connectivity index (χ3n) is 6.70. The highest BCUT2D eigenvalue weighted by Crippen LogP contribution is 2.29. The van der Waals surface area contributed by atoms with Gasteiger partial charge in [0.15, 0.2) is 5.76 Å². The van der Waals surface area contributed by atoms with Crippen molar-refractivity contribution in [3.63, 3.8) is 0 Å². The van der Waals surface area contributed by atoms with Crippen LogP contribution >= 0.6 is 0 Å². The number of carbonyl (C=O) groups is 1. The fraction of sp³-hybridized carbons (Fsp3) is 0.194. The van der Waals surface area contributed by atoms with Crippen LogP contribution in [0.5, 0.6) is 5.75 Å². The molecule has 38 heavy (non-hydrogen) atoms. The maximum atomic E-state index is 14.0. The minimum atomic E-state index is -0.571. The van der Waals surface area contributed by atoms with Crippen molar-refractivity contribution in [3.05, 3.63) is 124 Å². The molecule has 5 aromatic rings. The van der Waals surface area contributed by atoms with E-state index in [0.29, 0.717) is 41.1 Å². The summed E-state index contributed by atoms with van der Waals surface area (Å²) in [5, 5.41) is 0.486. The van der Waals surface area contributed by atoms with Crippen LogP contribution in [0.4, 0.5) is 0 Å². The van der Waals surface area contributed by atoms with Crippen LogP contribution in [0.15, 0.2) is 100 Å². The van der Waals surface area contributed by atoms with Gasteiger partial charge in [-0.25, -0.2) is 4.98 Å². The average Bonchev–Trinajstić information content (AvgIpc) is 3.49. The lowest BCUT2D eigenvalue weighted by molar-refractivity contribution is 0.0651. The molecule has 2 heterocycles. The summed E-state index contributed by atoms with van der Waals surface area (Å²) in [5.41, 5.74) is 2.98. The van der Waals surface area contributed by atoms with E-state index in [1.54, 1.807) is 34.8 Å². The Kier molecular flexibility index (Phi) is 7.09. The molecule has 2 aromatic heterocycles. The molecular formula is C31H29N3O4. The number of rotatable bonds is 8. The first-order valence-electron chi connectivity index (χ1n) is 12.5. The second-order valence-corrected chi connectivity index (χ2v) is 9.19. The zero-order chi connectivity index (χ0) is 26.6. The summed E-state index contributed by atoms with van der Waals surface area (Å²) in [7, 11) is 1.57. The molecule has 7 nitrogen and oxygen atoms in total. The van der Waals surface area contributed by atoms with E-state index < -0.39 is 6.04 Å². The largest absolute Gasteiger partial charge is 0.495 e. The second kappa shape index (κ2) is 10.8. The Hall–Kier alpha value is -4.65. The number of fused-ring (bicyclic) bond motifs is 1. The van der Waals surface area contributed by atoms with Crippen LogP contribution in [-0.2, 0) is 6.42 Å². The Balaban J connectivity index is 1.69. The van der Waals surface area contributed by atoms with Crippen molar-refractivity contribution in [1.82, 2.24) is 14.5 Å². The lowest BCUT2D eigenvalue weighted by Crippen LogP contribution is -2.38. The van der Waals surface area contributed by atoms with Gasteiger partial charge in [0, 0.05) is 6.54 Å². The average molecular weight is 508 g/mol. The van der Waals surface area contributed by atoms with Crippen molar-refractivity contribution in [2.75, 3.05) is 13.7 Å². The molecule has 0 aliphatic heterocycles. The number of ether oxygens (including phenoxy) is 1. The number of carbonyl (C=O) groups excluding carboxylic acids is 1. The summed E-state index contributed by atoms with van der Waals surface area (Å²) in [5.74, 6) is 0.929. The van der Waals surface area contributed by atoms with Crippen LogP contribution in [0.1, 0.15) is 40.5 Å². The Morgan fingerprint density at radius 2 is 1.79 bits per heavy atom. The monoisotopic (exact) mass is 507 g/mol. The SMILES string of the molecule is COc1ccc(C)cc1-n1c(C(C)N(CCc2ccccc2)C(=O)c2ccco2)nc2ccccc2c1=O. The van der Waals surface area contributed by atoms with Crippen LogP contribution in [0, 0.1) is 6.92 Å². The molecule has 5 rings (SSSR count). The number of hydrogen-bond acceptors (Lipinski definition) is 5. The van der Waals surface area contributed by atoms with E-state index in [-0.39, 0.29) is 17.2 Å². The van der Waals surface area contributed by atoms with Crippen molar-refractivity contribution < 1.29 is 13.9 Å². The molecule has 0 fully saturated rings. The Morgan fingerprint density at radius 1 is 1.03 bits per heavy atom. The summed E-state index contributed by atoms with van der Waals surface area (Å²) in [6.45, 7) is 4.25. The molecule has 0 saturated heterocycles. The molecule has 0 saturated carbocycles. The first kappa shape index (κ1) is 25.0. The van der Waals surface area contributed by atoms with Crippen molar-refractivity contribution in [2.45, 2.75) is 26.3 Å². The van der Waals surface area contributed by atoms with Gasteiger partial charge < -0.3 is 14.1 Å². The van der Waals surface area contributed by atoms with Gasteiger partial charge in [-0.3, -0.25) is 14.2 Å². The van der Waals surface area contributed by atoms with E-state index in [9.17, 15) is 9.59 Å². The molecule has 192 valence electrons. The molecular weight excluding hydrogens is 478 g/mol. The Morgan fingerprint density at radius 3 is 2.53 bits per heavy atom. The molecule has 0 N–H and O–H groups in total. The van der Waals surface area contributed by atoms with E-state index in [1.807, 2.05) is 80.6 Å². The molecule has 7 heteroatoms. The number of hydrogen-bond donors (Lipinski definition) is 0. The lowest BCUT2D eigenvalue weighted by Gasteiger charge is -2.30. The fourth-order valence-corrected chi connectivity index (χ4v) is 4.68. The predicted octanol–water partition coefficient (Wildman–Crippen LogP) is 5.74. The van der Waals surface area contributed by atoms with Crippen molar-refractivity contribution in [3.8, 4) is 11.4 Å². The van der Waals surface area contributed by atoms with Gasteiger partial charge in [-0.15, -0.1) is 0 Å². The molecule has 0 aliphatic rings. The van der Waals surface area contributed by atoms with E-state index >= 15 is 0 Å². The maximum Gasteiger partial charge on any atom is 0.290 e. The smallest absolute Gasteiger partial charge is 0.290 e. The van der Waals surface area contributed by atoms with Crippen LogP contribution in [0.25, 0.3) is 16.6 Å². The number of benzene rings is 3. The first-order chi connectivity index (χ1) is 18.5. The third-order valence-corrected chi connectivity index (χ3v) is 6.70. The van der Waals surface area contributed by atoms with Crippen LogP contribution < -0.4 is 10.3 Å². The Bertz CT molecular complexity index is 1620. The first-order valence-corrected chi connectivity index (χ1v) is 12.5. The minimum absolute atomic E-state index is 0.227. The predicted molar refractivity (Wildman–Crippen MR) is 147 cm³/mol. The highest BCUT2D eigenvalue weighted by molar-refractivity contribution is 5.91. The van der Waals surface area contributed by atoms with E-state index in [0.717, 1.165) is 11.1 Å². The molecule has 0 bridgehead atoms. The molecule has 1 amide bonds. The molecule has 3 aromatic carbocycles. The molecule has 1 atom stereocenters. The third kappa shape index (κ3) is 4.83. The minimum Gasteiger partial charge on any atom is -0.495 e. The van der Waals surface area contributed by atoms with Crippen molar-refractivity contribution >= 4 is 16.8 Å². The lowest BCUT2D eigenvalue weighted by atomic mass is 10.1. The zero-order valence-electron chi connectivity index (χ0n) is 21.6. The van der Waals surface area contributed by atoms with Crippen molar-refractivity contribution in [1.29, 1.82) is 0 Å². The number of aromatic nitrogens is 2. The topological polar surface area (TPSA) is 77.6 Å². The highest BCUT2D eigenvalue weighted by Gasteiger charge is 2.29. The standard InChI is InChI=1S/C31H29N3O4/c1-21-15-16-27(37-3)26(20-21)34-29(32-25-13-8-7-12-24(25)30(34)35)22(2)33(31(36)28-14-9-19-38-28)18-17-23-10-5-4-6-11-23/h4-16,19-20,22H,17-18H2,1-3H3. The van der Waals surface area contributed by atoms with Gasteiger partial charge in [-0.05, 0) is 67.8 Å². The van der Waals surface area contributed by atoms with Crippen LogP contribution in [0.3, 0.4) is 0 Å². The molecule has 0 radical (unpaired) electrons. The highest BCUT2D eigenvalue weighted by atomic mass is 16.5. The summed E-state index contributed by atoms with van der Waals surface area (Å²) in [6.07, 6.45) is 2.11.